The molecule has 7 heavy (non-hydrogen) atoms. The van der Waals surface area contributed by atoms with Crippen molar-refractivity contribution in [1.29, 1.82) is 0 Å². The Kier molecular flexibility index (Phi) is 0.984. The summed E-state index contributed by atoms with van der Waals surface area (Å²) in [6.45, 7) is 0. The molecule has 1 aromatic rings. The fourth-order valence-corrected chi connectivity index (χ4v) is 0.344. The number of hydrogen-bond acceptors (Lipinski definition) is 1. The van der Waals surface area contributed by atoms with Gasteiger partial charge in [-0.05, 0) is 30.3 Å². The summed E-state index contributed by atoms with van der Waals surface area (Å²) >= 11 is 0. The Morgan fingerprint density at radius 2 is 1.86 bits per heavy atom. The van der Waals surface area contributed by atoms with Crippen LogP contribution in [0.25, 0.3) is 0 Å². The van der Waals surface area contributed by atoms with Crippen LogP contribution in [0.3, 0.4) is 0 Å². The Morgan fingerprint density at radius 3 is 2.14 bits per heavy atom. The summed E-state index contributed by atoms with van der Waals surface area (Å²) in [6.07, 6.45) is 0. The van der Waals surface area contributed by atoms with E-state index < -0.39 is 0 Å². The molecular weight excluding hydrogens is 88.1 g/mol. The molecule has 2 radical (unpaired) electrons. The molecular formula is C6H4O. The van der Waals surface area contributed by atoms with Gasteiger partial charge >= 0.3 is 0 Å². The van der Waals surface area contributed by atoms with Gasteiger partial charge in [0.25, 0.3) is 0 Å². The summed E-state index contributed by atoms with van der Waals surface area (Å²) in [6, 6.07) is 9.89. The second-order valence-corrected chi connectivity index (χ2v) is 1.19. The largest absolute Gasteiger partial charge is 0.508 e. The van der Waals surface area contributed by atoms with Crippen molar-refractivity contribution in [3.63, 3.8) is 0 Å². The van der Waals surface area contributed by atoms with Crippen molar-refractivity contribution in [3.05, 3.63) is 30.3 Å². The van der Waals surface area contributed by atoms with Gasteiger partial charge in [-0.15, -0.1) is 0 Å². The number of benzene rings is 1. The maximum atomic E-state index is 8.57. The van der Waals surface area contributed by atoms with Crippen molar-refractivity contribution < 1.29 is 5.11 Å². The molecule has 0 spiro atoms. The van der Waals surface area contributed by atoms with Crippen LogP contribution in [0.15, 0.2) is 18.2 Å². The number of rotatable bonds is 0. The van der Waals surface area contributed by atoms with Gasteiger partial charge in [0.1, 0.15) is 5.75 Å². The predicted molar refractivity (Wildman–Crippen MR) is 25.8 cm³/mol. The second kappa shape index (κ2) is 1.65. The Balaban J connectivity index is 3.02. The van der Waals surface area contributed by atoms with Crippen molar-refractivity contribution in [2.24, 2.45) is 0 Å². The molecule has 34 valence electrons. The molecule has 0 aliphatic carbocycles. The number of aromatic hydroxyl groups is 1. The molecule has 1 nitrogen and oxygen atoms in total. The summed E-state index contributed by atoms with van der Waals surface area (Å²) < 4.78 is 0. The van der Waals surface area contributed by atoms with Crippen LogP contribution in [0.1, 0.15) is 0 Å². The van der Waals surface area contributed by atoms with Gasteiger partial charge in [0.15, 0.2) is 0 Å². The third-order valence-electron chi connectivity index (χ3n) is 0.629. The lowest BCUT2D eigenvalue weighted by molar-refractivity contribution is 0.475. The van der Waals surface area contributed by atoms with Gasteiger partial charge in [0.05, 0.1) is 0 Å². The van der Waals surface area contributed by atoms with Gasteiger partial charge in [-0.2, -0.15) is 0 Å². The Hall–Kier alpha value is -0.980. The van der Waals surface area contributed by atoms with Crippen molar-refractivity contribution in [2.75, 3.05) is 0 Å². The molecule has 0 atom stereocenters. The fourth-order valence-electron chi connectivity index (χ4n) is 0.344. The highest BCUT2D eigenvalue weighted by Gasteiger charge is 1.76. The van der Waals surface area contributed by atoms with E-state index in [1.165, 1.54) is 12.1 Å². The highest BCUT2D eigenvalue weighted by atomic mass is 16.3. The molecule has 0 heterocycles. The van der Waals surface area contributed by atoms with Gasteiger partial charge < -0.3 is 5.11 Å². The smallest absolute Gasteiger partial charge is 0.116 e. The molecule has 0 amide bonds. The van der Waals surface area contributed by atoms with Crippen molar-refractivity contribution in [2.45, 2.75) is 0 Å². The molecule has 1 aromatic carbocycles. The normalized spacial score (nSPS) is 8.57. The van der Waals surface area contributed by atoms with E-state index in [9.17, 15) is 0 Å². The molecule has 0 saturated carbocycles. The summed E-state index contributed by atoms with van der Waals surface area (Å²) in [7, 11) is 0. The Morgan fingerprint density at radius 1 is 1.29 bits per heavy atom. The zero-order chi connectivity index (χ0) is 5.11. The van der Waals surface area contributed by atoms with E-state index in [1.807, 2.05) is 0 Å². The fraction of sp³-hybridized carbons (Fsp3) is 0. The first-order chi connectivity index (χ1) is 3.39. The zero-order valence-corrected chi connectivity index (χ0v) is 3.68. The number of hydrogen-bond donors (Lipinski definition) is 1. The maximum Gasteiger partial charge on any atom is 0.116 e. The van der Waals surface area contributed by atoms with Crippen LogP contribution in [-0.4, -0.2) is 5.11 Å². The molecule has 0 unspecified atom stereocenters. The molecule has 1 heteroatoms. The van der Waals surface area contributed by atoms with Crippen LogP contribution in [-0.2, 0) is 0 Å². The van der Waals surface area contributed by atoms with Crippen LogP contribution >= 0.6 is 0 Å². The lowest BCUT2D eigenvalue weighted by atomic mass is 10.3. The number of phenolic OH excluding ortho intramolecular Hbond substituents is 1. The van der Waals surface area contributed by atoms with E-state index in [0.29, 0.717) is 0 Å². The van der Waals surface area contributed by atoms with Gasteiger partial charge in [-0.25, -0.2) is 0 Å². The van der Waals surface area contributed by atoms with Crippen molar-refractivity contribution in [1.82, 2.24) is 0 Å². The molecule has 1 rings (SSSR count). The summed E-state index contributed by atoms with van der Waals surface area (Å²) in [5, 5.41) is 8.57. The first-order valence-electron chi connectivity index (χ1n) is 1.96. The molecule has 0 aliphatic rings. The lowest BCUT2D eigenvalue weighted by Gasteiger charge is -1.81. The topological polar surface area (TPSA) is 20.2 Å². The summed E-state index contributed by atoms with van der Waals surface area (Å²) in [5.41, 5.74) is 0. The lowest BCUT2D eigenvalue weighted by Crippen LogP contribution is -1.58. The highest BCUT2D eigenvalue weighted by molar-refractivity contribution is 5.16. The third-order valence-corrected chi connectivity index (χ3v) is 0.629. The van der Waals surface area contributed by atoms with E-state index >= 15 is 0 Å². The van der Waals surface area contributed by atoms with Gasteiger partial charge in [0.2, 0.25) is 0 Å². The molecule has 0 aliphatic heterocycles. The minimum atomic E-state index is 0.211. The second-order valence-electron chi connectivity index (χ2n) is 1.19. The summed E-state index contributed by atoms with van der Waals surface area (Å²) in [5.74, 6) is 0.211. The van der Waals surface area contributed by atoms with Crippen LogP contribution in [0, 0.1) is 12.1 Å². The van der Waals surface area contributed by atoms with Crippen LogP contribution < -0.4 is 0 Å². The minimum Gasteiger partial charge on any atom is -0.508 e. The van der Waals surface area contributed by atoms with Gasteiger partial charge in [-0.1, -0.05) is 0 Å². The molecule has 0 aromatic heterocycles. The van der Waals surface area contributed by atoms with E-state index in [2.05, 4.69) is 12.1 Å². The number of phenols is 1. The van der Waals surface area contributed by atoms with E-state index in [1.54, 1.807) is 6.07 Å². The quantitative estimate of drug-likeness (QED) is 0.506. The maximum absolute atomic E-state index is 8.57. The van der Waals surface area contributed by atoms with Crippen LogP contribution in [0.4, 0.5) is 0 Å². The Bertz CT molecular complexity index is 134. The van der Waals surface area contributed by atoms with Crippen LogP contribution in [0.2, 0.25) is 0 Å². The third kappa shape index (κ3) is 0.929. The monoisotopic (exact) mass is 92.0 g/mol. The SMILES string of the molecule is Oc1c[c]c[c]c1. The molecule has 0 fully saturated rings. The van der Waals surface area contributed by atoms with Gasteiger partial charge in [-0.3, -0.25) is 0 Å². The predicted octanol–water partition coefficient (Wildman–Crippen LogP) is 0.993. The standard InChI is InChI=1S/C6H4O/c7-6-4-2-1-3-5-6/h1,4-5,7H. The van der Waals surface area contributed by atoms with E-state index in [4.69, 9.17) is 5.11 Å². The van der Waals surface area contributed by atoms with Crippen molar-refractivity contribution in [3.8, 4) is 5.75 Å². The average Bonchev–Trinajstić information content (AvgIpc) is 1.69. The van der Waals surface area contributed by atoms with Crippen molar-refractivity contribution >= 4 is 0 Å². The first-order valence-corrected chi connectivity index (χ1v) is 1.96. The van der Waals surface area contributed by atoms with E-state index in [0.717, 1.165) is 0 Å². The summed E-state index contributed by atoms with van der Waals surface area (Å²) in [4.78, 5) is 0. The molecule has 1 N–H and O–H groups in total. The Labute approximate surface area is 42.2 Å². The van der Waals surface area contributed by atoms with Crippen LogP contribution in [0.5, 0.6) is 5.75 Å². The van der Waals surface area contributed by atoms with E-state index in [-0.39, 0.29) is 5.75 Å². The molecule has 0 saturated heterocycles. The van der Waals surface area contributed by atoms with Gasteiger partial charge in [0, 0.05) is 0 Å². The molecule has 0 bridgehead atoms. The first kappa shape index (κ1) is 4.19. The minimum absolute atomic E-state index is 0.211. The zero-order valence-electron chi connectivity index (χ0n) is 3.68. The highest BCUT2D eigenvalue weighted by Crippen LogP contribution is 2.01. The average molecular weight is 92.1 g/mol.